The van der Waals surface area contributed by atoms with Gasteiger partial charge in [0.2, 0.25) is 0 Å². The highest BCUT2D eigenvalue weighted by molar-refractivity contribution is 6.44. The van der Waals surface area contributed by atoms with Gasteiger partial charge in [-0.2, -0.15) is 0 Å². The van der Waals surface area contributed by atoms with Crippen LogP contribution in [0.5, 0.6) is 0 Å². The molecule has 0 N–H and O–H groups in total. The van der Waals surface area contributed by atoms with Crippen LogP contribution in [0.15, 0.2) is 0 Å². The maximum Gasteiger partial charge on any atom is 0.109 e. The van der Waals surface area contributed by atoms with Crippen LogP contribution in [0.1, 0.15) is 6.42 Å². The molecule has 0 saturated carbocycles. The molecule has 0 aromatic heterocycles. The number of hydrogen-bond acceptors (Lipinski definition) is 1. The molecule has 0 aliphatic carbocycles. The van der Waals surface area contributed by atoms with Crippen LogP contribution in [0.3, 0.4) is 0 Å². The van der Waals surface area contributed by atoms with Crippen molar-refractivity contribution in [2.45, 2.75) is 11.3 Å². The van der Waals surface area contributed by atoms with E-state index in [1.54, 1.807) is 0 Å². The predicted octanol–water partition coefficient (Wildman–Crippen LogP) is 1.74. The van der Waals surface area contributed by atoms with Crippen LogP contribution in [-0.2, 0) is 0 Å². The Balaban J connectivity index is 2.93. The Hall–Kier alpha value is 0.540. The third kappa shape index (κ3) is 6.54. The topological polar surface area (TPSA) is 3.24 Å². The molecular formula is C5H11Cl2N. The molecule has 0 aliphatic heterocycles. The standard InChI is InChI=1S/C5H11Cl2N/c1-8(2)4-3-5(6)7/h5H,3-4H2,1-2H3. The van der Waals surface area contributed by atoms with Crippen LogP contribution in [-0.4, -0.2) is 30.4 Å². The summed E-state index contributed by atoms with van der Waals surface area (Å²) in [5.41, 5.74) is 0. The molecule has 0 saturated heterocycles. The van der Waals surface area contributed by atoms with Gasteiger partial charge in [-0.25, -0.2) is 0 Å². The van der Waals surface area contributed by atoms with Gasteiger partial charge < -0.3 is 4.90 Å². The Bertz CT molecular complexity index is 46.4. The molecule has 50 valence electrons. The lowest BCUT2D eigenvalue weighted by Gasteiger charge is -2.08. The van der Waals surface area contributed by atoms with E-state index in [0.29, 0.717) is 0 Å². The van der Waals surface area contributed by atoms with Gasteiger partial charge in [-0.3, -0.25) is 0 Å². The number of alkyl halides is 2. The van der Waals surface area contributed by atoms with E-state index in [0.717, 1.165) is 13.0 Å². The lowest BCUT2D eigenvalue weighted by Crippen LogP contribution is -2.14. The highest BCUT2D eigenvalue weighted by Crippen LogP contribution is 2.05. The van der Waals surface area contributed by atoms with E-state index in [4.69, 9.17) is 23.2 Å². The van der Waals surface area contributed by atoms with E-state index >= 15 is 0 Å². The van der Waals surface area contributed by atoms with Gasteiger partial charge in [-0.05, 0) is 20.5 Å². The van der Waals surface area contributed by atoms with Gasteiger partial charge in [0.15, 0.2) is 0 Å². The van der Waals surface area contributed by atoms with Crippen molar-refractivity contribution in [2.24, 2.45) is 0 Å². The zero-order valence-corrected chi connectivity index (χ0v) is 6.71. The van der Waals surface area contributed by atoms with Crippen LogP contribution < -0.4 is 0 Å². The van der Waals surface area contributed by atoms with Gasteiger partial charge in [0.25, 0.3) is 0 Å². The molecule has 0 atom stereocenters. The molecule has 3 heteroatoms. The van der Waals surface area contributed by atoms with E-state index in [2.05, 4.69) is 4.90 Å². The second-order valence-corrected chi connectivity index (χ2v) is 3.26. The van der Waals surface area contributed by atoms with Gasteiger partial charge in [0.05, 0.1) is 0 Å². The molecule has 0 rings (SSSR count). The van der Waals surface area contributed by atoms with Gasteiger partial charge >= 0.3 is 0 Å². The summed E-state index contributed by atoms with van der Waals surface area (Å²) in [6.07, 6.45) is 0.843. The smallest absolute Gasteiger partial charge is 0.109 e. The third-order valence-corrected chi connectivity index (χ3v) is 1.23. The molecule has 0 heterocycles. The summed E-state index contributed by atoms with van der Waals surface area (Å²) in [5, 5.41) is 0. The first kappa shape index (κ1) is 8.54. The number of hydrogen-bond donors (Lipinski definition) is 0. The maximum absolute atomic E-state index is 5.46. The highest BCUT2D eigenvalue weighted by atomic mass is 35.5. The number of halogens is 2. The summed E-state index contributed by atoms with van der Waals surface area (Å²) in [5.74, 6) is 0. The molecule has 0 radical (unpaired) electrons. The molecule has 0 aromatic rings. The van der Waals surface area contributed by atoms with Crippen LogP contribution in [0.4, 0.5) is 0 Å². The number of nitrogens with zero attached hydrogens (tertiary/aromatic N) is 1. The maximum atomic E-state index is 5.46. The summed E-state index contributed by atoms with van der Waals surface area (Å²) in [4.78, 5) is 1.84. The second kappa shape index (κ2) is 4.42. The zero-order valence-electron chi connectivity index (χ0n) is 5.19. The van der Waals surface area contributed by atoms with Crippen molar-refractivity contribution in [1.29, 1.82) is 0 Å². The van der Waals surface area contributed by atoms with Crippen molar-refractivity contribution >= 4 is 23.2 Å². The molecule has 0 aromatic carbocycles. The van der Waals surface area contributed by atoms with Crippen molar-refractivity contribution in [1.82, 2.24) is 4.90 Å². The Morgan fingerprint density at radius 3 is 2.00 bits per heavy atom. The zero-order chi connectivity index (χ0) is 6.57. The van der Waals surface area contributed by atoms with E-state index < -0.39 is 0 Å². The Morgan fingerprint density at radius 1 is 1.38 bits per heavy atom. The summed E-state index contributed by atoms with van der Waals surface area (Å²) in [7, 11) is 3.99. The third-order valence-electron chi connectivity index (χ3n) is 0.795. The van der Waals surface area contributed by atoms with Crippen LogP contribution in [0.2, 0.25) is 0 Å². The molecule has 0 bridgehead atoms. The molecule has 0 unspecified atom stereocenters. The Kier molecular flexibility index (Phi) is 4.72. The largest absolute Gasteiger partial charge is 0.309 e. The van der Waals surface area contributed by atoms with Crippen LogP contribution in [0.25, 0.3) is 0 Å². The van der Waals surface area contributed by atoms with E-state index in [9.17, 15) is 0 Å². The molecule has 0 aliphatic rings. The second-order valence-electron chi connectivity index (χ2n) is 1.98. The van der Waals surface area contributed by atoms with Gasteiger partial charge in [0, 0.05) is 6.54 Å². The molecular weight excluding hydrogens is 145 g/mol. The van der Waals surface area contributed by atoms with Crippen molar-refractivity contribution < 1.29 is 0 Å². The summed E-state index contributed by atoms with van der Waals surface area (Å²) >= 11 is 10.9. The first-order valence-corrected chi connectivity index (χ1v) is 3.43. The van der Waals surface area contributed by atoms with Crippen LogP contribution in [0, 0.1) is 0 Å². The molecule has 0 amide bonds. The SMILES string of the molecule is CN(C)CCC(Cl)Cl. The predicted molar refractivity (Wildman–Crippen MR) is 38.7 cm³/mol. The average Bonchev–Trinajstić information content (AvgIpc) is 1.61. The monoisotopic (exact) mass is 155 g/mol. The van der Waals surface area contributed by atoms with Gasteiger partial charge in [0.1, 0.15) is 4.84 Å². The highest BCUT2D eigenvalue weighted by Gasteiger charge is 1.97. The number of rotatable bonds is 3. The minimum atomic E-state index is -0.211. The fourth-order valence-electron chi connectivity index (χ4n) is 0.356. The first-order chi connectivity index (χ1) is 3.63. The first-order valence-electron chi connectivity index (χ1n) is 2.56. The lowest BCUT2D eigenvalue weighted by atomic mass is 10.4. The molecule has 1 nitrogen and oxygen atoms in total. The van der Waals surface area contributed by atoms with Crippen molar-refractivity contribution in [3.63, 3.8) is 0 Å². The van der Waals surface area contributed by atoms with Crippen LogP contribution >= 0.6 is 23.2 Å². The summed E-state index contributed by atoms with van der Waals surface area (Å²) in [6.45, 7) is 0.956. The molecule has 0 fully saturated rings. The van der Waals surface area contributed by atoms with E-state index in [-0.39, 0.29) is 4.84 Å². The minimum absolute atomic E-state index is 0.211. The Labute approximate surface area is 60.6 Å². The van der Waals surface area contributed by atoms with Crippen molar-refractivity contribution in [2.75, 3.05) is 20.6 Å². The quantitative estimate of drug-likeness (QED) is 0.562. The van der Waals surface area contributed by atoms with Gasteiger partial charge in [-0.1, -0.05) is 0 Å². The van der Waals surface area contributed by atoms with E-state index in [1.807, 2.05) is 14.1 Å². The fourth-order valence-corrected chi connectivity index (χ4v) is 0.551. The summed E-state index contributed by atoms with van der Waals surface area (Å²) in [6, 6.07) is 0. The normalized spacial score (nSPS) is 11.2. The van der Waals surface area contributed by atoms with Crippen molar-refractivity contribution in [3.8, 4) is 0 Å². The fraction of sp³-hybridized carbons (Fsp3) is 1.00. The van der Waals surface area contributed by atoms with Crippen molar-refractivity contribution in [3.05, 3.63) is 0 Å². The van der Waals surface area contributed by atoms with Gasteiger partial charge in [-0.15, -0.1) is 23.2 Å². The van der Waals surface area contributed by atoms with E-state index in [1.165, 1.54) is 0 Å². The average molecular weight is 156 g/mol. The molecule has 0 spiro atoms. The summed E-state index contributed by atoms with van der Waals surface area (Å²) < 4.78 is 0. The minimum Gasteiger partial charge on any atom is -0.309 e. The lowest BCUT2D eigenvalue weighted by molar-refractivity contribution is 0.406. The Morgan fingerprint density at radius 2 is 1.88 bits per heavy atom. The molecule has 8 heavy (non-hydrogen) atoms.